The summed E-state index contributed by atoms with van der Waals surface area (Å²) in [6, 6.07) is 2.95. The van der Waals surface area contributed by atoms with Gasteiger partial charge in [0, 0.05) is 26.2 Å². The number of benzene rings is 1. The number of aromatic nitrogens is 2. The number of halogens is 2. The molecule has 150 valence electrons. The Balaban J connectivity index is 1.70. The highest BCUT2D eigenvalue weighted by Crippen LogP contribution is 2.30. The number of thioether (sulfide) groups is 1. The zero-order chi connectivity index (χ0) is 20.1. The van der Waals surface area contributed by atoms with Crippen molar-refractivity contribution in [3.05, 3.63) is 29.8 Å². The third-order valence-electron chi connectivity index (χ3n) is 3.99. The number of morpholine rings is 1. The number of amides is 1. The molecule has 8 nitrogen and oxygen atoms in total. The molecule has 1 aliphatic heterocycles. The molecule has 0 atom stereocenters. The van der Waals surface area contributed by atoms with E-state index in [1.165, 1.54) is 6.07 Å². The molecule has 1 amide bonds. The van der Waals surface area contributed by atoms with Crippen molar-refractivity contribution >= 4 is 40.7 Å². The first-order valence-electron chi connectivity index (χ1n) is 8.53. The van der Waals surface area contributed by atoms with Crippen molar-refractivity contribution in [3.63, 3.8) is 0 Å². The highest BCUT2D eigenvalue weighted by Gasteiger charge is 2.20. The van der Waals surface area contributed by atoms with Crippen molar-refractivity contribution in [1.29, 1.82) is 0 Å². The van der Waals surface area contributed by atoms with Gasteiger partial charge < -0.3 is 26.0 Å². The quantitative estimate of drug-likeness (QED) is 0.490. The predicted molar refractivity (Wildman–Crippen MR) is 105 cm³/mol. The fourth-order valence-corrected chi connectivity index (χ4v) is 3.26. The highest BCUT2D eigenvalue weighted by molar-refractivity contribution is 7.99. The third kappa shape index (κ3) is 4.78. The van der Waals surface area contributed by atoms with E-state index in [4.69, 9.17) is 10.5 Å². The number of hydrogen-bond acceptors (Lipinski definition) is 8. The fourth-order valence-electron chi connectivity index (χ4n) is 2.62. The van der Waals surface area contributed by atoms with Gasteiger partial charge in [-0.15, -0.1) is 0 Å². The van der Waals surface area contributed by atoms with E-state index in [2.05, 4.69) is 20.6 Å². The maximum Gasteiger partial charge on any atom is 0.234 e. The van der Waals surface area contributed by atoms with Gasteiger partial charge in [0.15, 0.2) is 16.8 Å². The number of nitrogens with one attached hydrogen (secondary N) is 2. The molecule has 1 aliphatic rings. The molecule has 2 heterocycles. The van der Waals surface area contributed by atoms with Crippen molar-refractivity contribution in [2.24, 2.45) is 0 Å². The summed E-state index contributed by atoms with van der Waals surface area (Å²) in [7, 11) is 1.69. The van der Waals surface area contributed by atoms with E-state index in [9.17, 15) is 13.6 Å². The second kappa shape index (κ2) is 9.02. The van der Waals surface area contributed by atoms with E-state index in [0.29, 0.717) is 54.8 Å². The molecule has 1 saturated heterocycles. The summed E-state index contributed by atoms with van der Waals surface area (Å²) >= 11 is 1.09. The van der Waals surface area contributed by atoms with Crippen LogP contribution in [0.25, 0.3) is 0 Å². The third-order valence-corrected chi connectivity index (χ3v) is 4.84. The van der Waals surface area contributed by atoms with Gasteiger partial charge in [0.05, 0.1) is 24.7 Å². The predicted octanol–water partition coefficient (Wildman–Crippen LogP) is 1.95. The number of rotatable bonds is 6. The van der Waals surface area contributed by atoms with Crippen molar-refractivity contribution < 1.29 is 18.3 Å². The Morgan fingerprint density at radius 1 is 1.32 bits per heavy atom. The van der Waals surface area contributed by atoms with Gasteiger partial charge in [0.1, 0.15) is 17.3 Å². The first kappa shape index (κ1) is 20.1. The van der Waals surface area contributed by atoms with Gasteiger partial charge in [-0.3, -0.25) is 4.79 Å². The molecular formula is C17H20F2N6O2S. The monoisotopic (exact) mass is 410 g/mol. The average molecular weight is 410 g/mol. The normalized spacial score (nSPS) is 14.0. The van der Waals surface area contributed by atoms with Gasteiger partial charge in [0.25, 0.3) is 0 Å². The molecule has 0 saturated carbocycles. The van der Waals surface area contributed by atoms with Crippen LogP contribution in [0.2, 0.25) is 0 Å². The van der Waals surface area contributed by atoms with Crippen LogP contribution in [-0.2, 0) is 9.53 Å². The average Bonchev–Trinajstić information content (AvgIpc) is 2.70. The van der Waals surface area contributed by atoms with Gasteiger partial charge in [-0.2, -0.15) is 0 Å². The Labute approximate surface area is 164 Å². The van der Waals surface area contributed by atoms with E-state index in [0.717, 1.165) is 17.8 Å². The number of nitrogens with zero attached hydrogens (tertiary/aromatic N) is 3. The van der Waals surface area contributed by atoms with Crippen LogP contribution in [0.15, 0.2) is 23.4 Å². The van der Waals surface area contributed by atoms with Gasteiger partial charge in [0.2, 0.25) is 5.91 Å². The zero-order valence-corrected chi connectivity index (χ0v) is 16.0. The maximum absolute atomic E-state index is 13.7. The lowest BCUT2D eigenvalue weighted by molar-refractivity contribution is -0.113. The van der Waals surface area contributed by atoms with Crippen LogP contribution in [0, 0.1) is 11.6 Å². The zero-order valence-electron chi connectivity index (χ0n) is 15.2. The van der Waals surface area contributed by atoms with Crippen LogP contribution in [0.4, 0.5) is 31.8 Å². The van der Waals surface area contributed by atoms with Gasteiger partial charge in [-0.1, -0.05) is 11.8 Å². The molecule has 3 rings (SSSR count). The van der Waals surface area contributed by atoms with Gasteiger partial charge in [-0.05, 0) is 12.1 Å². The largest absolute Gasteiger partial charge is 0.393 e. The molecule has 1 aromatic heterocycles. The summed E-state index contributed by atoms with van der Waals surface area (Å²) in [5, 5.41) is 5.68. The number of carbonyl (C=O) groups excluding carboxylic acids is 1. The van der Waals surface area contributed by atoms with E-state index in [-0.39, 0.29) is 11.4 Å². The minimum absolute atomic E-state index is 0.0492. The molecule has 0 spiro atoms. The van der Waals surface area contributed by atoms with Gasteiger partial charge in [-0.25, -0.2) is 18.7 Å². The number of nitrogen functional groups attached to an aromatic ring is 1. The number of ether oxygens (including phenoxy) is 1. The molecular weight excluding hydrogens is 390 g/mol. The number of hydrogen-bond donors (Lipinski definition) is 3. The van der Waals surface area contributed by atoms with Crippen LogP contribution in [0.3, 0.4) is 0 Å². The standard InChI is InChI=1S/C17H20F2N6O2S/c1-21-15-14(20)16(25-4-6-27-7-5-25)24-17(23-15)28-9-13(26)22-12-3-2-10(18)8-11(12)19/h2-3,8H,4-7,9,20H2,1H3,(H,22,26)(H,21,23,24). The Kier molecular flexibility index (Phi) is 6.47. The summed E-state index contributed by atoms with van der Waals surface area (Å²) in [5.41, 5.74) is 6.48. The molecule has 0 radical (unpaired) electrons. The summed E-state index contributed by atoms with van der Waals surface area (Å²) < 4.78 is 31.9. The minimum atomic E-state index is -0.839. The van der Waals surface area contributed by atoms with Crippen molar-refractivity contribution in [2.45, 2.75) is 5.16 Å². The topological polar surface area (TPSA) is 105 Å². The molecule has 1 aromatic carbocycles. The van der Waals surface area contributed by atoms with Crippen LogP contribution >= 0.6 is 11.8 Å². The first-order chi connectivity index (χ1) is 13.5. The van der Waals surface area contributed by atoms with Crippen molar-refractivity contribution in [3.8, 4) is 0 Å². The summed E-state index contributed by atoms with van der Waals surface area (Å²) in [4.78, 5) is 22.9. The van der Waals surface area contributed by atoms with E-state index < -0.39 is 17.5 Å². The van der Waals surface area contributed by atoms with Crippen LogP contribution < -0.4 is 21.3 Å². The highest BCUT2D eigenvalue weighted by atomic mass is 32.2. The summed E-state index contributed by atoms with van der Waals surface area (Å²) in [6.45, 7) is 2.45. The molecule has 2 aromatic rings. The first-order valence-corrected chi connectivity index (χ1v) is 9.52. The van der Waals surface area contributed by atoms with Crippen LogP contribution in [-0.4, -0.2) is 55.0 Å². The minimum Gasteiger partial charge on any atom is -0.393 e. The van der Waals surface area contributed by atoms with Gasteiger partial charge >= 0.3 is 0 Å². The van der Waals surface area contributed by atoms with E-state index in [1.54, 1.807) is 7.05 Å². The van der Waals surface area contributed by atoms with Crippen molar-refractivity contribution in [1.82, 2.24) is 9.97 Å². The second-order valence-electron chi connectivity index (χ2n) is 5.90. The molecule has 0 unspecified atom stereocenters. The molecule has 1 fully saturated rings. The van der Waals surface area contributed by atoms with Crippen LogP contribution in [0.5, 0.6) is 0 Å². The number of carbonyl (C=O) groups is 1. The smallest absolute Gasteiger partial charge is 0.234 e. The SMILES string of the molecule is CNc1nc(SCC(=O)Nc2ccc(F)cc2F)nc(N2CCOCC2)c1N. The van der Waals surface area contributed by atoms with Crippen LogP contribution in [0.1, 0.15) is 0 Å². The molecule has 4 N–H and O–H groups in total. The molecule has 0 bridgehead atoms. The lowest BCUT2D eigenvalue weighted by atomic mass is 10.3. The van der Waals surface area contributed by atoms with E-state index in [1.807, 2.05) is 4.90 Å². The second-order valence-corrected chi connectivity index (χ2v) is 6.85. The number of nitrogens with two attached hydrogens (primary N) is 1. The Hall–Kier alpha value is -2.66. The Morgan fingerprint density at radius 3 is 2.75 bits per heavy atom. The summed E-state index contributed by atoms with van der Waals surface area (Å²) in [5.74, 6) is -1.02. The van der Waals surface area contributed by atoms with E-state index >= 15 is 0 Å². The Bertz CT molecular complexity index is 864. The summed E-state index contributed by atoms with van der Waals surface area (Å²) in [6.07, 6.45) is 0. The van der Waals surface area contributed by atoms with Crippen molar-refractivity contribution in [2.75, 3.05) is 60.4 Å². The lowest BCUT2D eigenvalue weighted by Crippen LogP contribution is -2.37. The molecule has 28 heavy (non-hydrogen) atoms. The maximum atomic E-state index is 13.7. The molecule has 11 heteroatoms. The number of anilines is 4. The Morgan fingerprint density at radius 2 is 2.07 bits per heavy atom. The fraction of sp³-hybridized carbons (Fsp3) is 0.353. The lowest BCUT2D eigenvalue weighted by Gasteiger charge is -2.29. The molecule has 0 aliphatic carbocycles.